The van der Waals surface area contributed by atoms with Crippen LogP contribution in [0, 0.1) is 6.92 Å². The molecule has 0 radical (unpaired) electrons. The molecule has 0 aliphatic rings. The molecule has 3 aromatic rings. The van der Waals surface area contributed by atoms with E-state index < -0.39 is 0 Å². The van der Waals surface area contributed by atoms with Gasteiger partial charge in [0.2, 0.25) is 0 Å². The van der Waals surface area contributed by atoms with Gasteiger partial charge in [-0.3, -0.25) is 0 Å². The molecular formula is C23H20. The Morgan fingerprint density at radius 1 is 0.522 bits per heavy atom. The topological polar surface area (TPSA) is 0 Å². The van der Waals surface area contributed by atoms with Gasteiger partial charge < -0.3 is 0 Å². The number of hydrogen-bond donors (Lipinski definition) is 0. The molecule has 23 heavy (non-hydrogen) atoms. The van der Waals surface area contributed by atoms with E-state index in [1.807, 2.05) is 12.1 Å². The molecule has 3 aromatic carbocycles. The van der Waals surface area contributed by atoms with Crippen LogP contribution in [0.5, 0.6) is 0 Å². The Kier molecular flexibility index (Phi) is 4.85. The van der Waals surface area contributed by atoms with Gasteiger partial charge in [0.05, 0.1) is 0 Å². The smallest absolute Gasteiger partial charge is 0.0221 e. The molecule has 0 fully saturated rings. The quantitative estimate of drug-likeness (QED) is 0.493. The van der Waals surface area contributed by atoms with Crippen LogP contribution in [-0.4, -0.2) is 0 Å². The first-order valence-corrected chi connectivity index (χ1v) is 7.88. The lowest BCUT2D eigenvalue weighted by Crippen LogP contribution is -1.82. The van der Waals surface area contributed by atoms with Gasteiger partial charge >= 0.3 is 0 Å². The largest absolute Gasteiger partial charge is 0.0622 e. The predicted molar refractivity (Wildman–Crippen MR) is 102 cm³/mol. The summed E-state index contributed by atoms with van der Waals surface area (Å²) in [5.41, 5.74) is 6.19. The van der Waals surface area contributed by atoms with Crippen LogP contribution in [0.1, 0.15) is 27.8 Å². The van der Waals surface area contributed by atoms with Crippen LogP contribution in [0.3, 0.4) is 0 Å². The normalized spacial score (nSPS) is 11.3. The van der Waals surface area contributed by atoms with Crippen molar-refractivity contribution in [3.8, 4) is 0 Å². The van der Waals surface area contributed by atoms with Gasteiger partial charge in [-0.1, -0.05) is 97.1 Å². The van der Waals surface area contributed by atoms with Crippen molar-refractivity contribution in [1.82, 2.24) is 0 Å². The van der Waals surface area contributed by atoms with E-state index in [0.29, 0.717) is 0 Å². The standard InChI is InChI=1S/C23H20/c1-19-12-13-22(15-14-20-8-4-2-5-9-20)18-23(19)17-16-21-10-6-3-7-11-21/h2-18H,1H3/b15-14+,17-16+. The summed E-state index contributed by atoms with van der Waals surface area (Å²) in [5, 5.41) is 0. The number of hydrogen-bond acceptors (Lipinski definition) is 0. The Bertz CT molecular complexity index is 809. The van der Waals surface area contributed by atoms with Gasteiger partial charge in [-0.05, 0) is 40.8 Å². The molecule has 0 amide bonds. The van der Waals surface area contributed by atoms with Gasteiger partial charge in [-0.15, -0.1) is 0 Å². The molecule has 0 N–H and O–H groups in total. The summed E-state index contributed by atoms with van der Waals surface area (Å²) in [6.45, 7) is 2.15. The maximum Gasteiger partial charge on any atom is -0.0221 e. The molecule has 0 nitrogen and oxygen atoms in total. The van der Waals surface area contributed by atoms with Crippen LogP contribution < -0.4 is 0 Å². The third-order valence-corrected chi connectivity index (χ3v) is 3.83. The predicted octanol–water partition coefficient (Wildman–Crippen LogP) is 6.34. The lowest BCUT2D eigenvalue weighted by molar-refractivity contribution is 1.43. The molecule has 0 spiro atoms. The van der Waals surface area contributed by atoms with Crippen molar-refractivity contribution in [2.24, 2.45) is 0 Å². The van der Waals surface area contributed by atoms with Crippen molar-refractivity contribution >= 4 is 24.3 Å². The van der Waals surface area contributed by atoms with Gasteiger partial charge in [0.1, 0.15) is 0 Å². The zero-order chi connectivity index (χ0) is 15.9. The number of benzene rings is 3. The third-order valence-electron chi connectivity index (χ3n) is 3.83. The van der Waals surface area contributed by atoms with E-state index in [9.17, 15) is 0 Å². The second-order valence-corrected chi connectivity index (χ2v) is 5.60. The summed E-state index contributed by atoms with van der Waals surface area (Å²) in [7, 11) is 0. The highest BCUT2D eigenvalue weighted by molar-refractivity contribution is 5.75. The van der Waals surface area contributed by atoms with Crippen molar-refractivity contribution in [3.05, 3.63) is 107 Å². The summed E-state index contributed by atoms with van der Waals surface area (Å²) in [6.07, 6.45) is 8.65. The molecule has 0 aliphatic carbocycles. The summed E-state index contributed by atoms with van der Waals surface area (Å²) in [6, 6.07) is 27.3. The highest BCUT2D eigenvalue weighted by Gasteiger charge is 1.96. The molecule has 0 atom stereocenters. The van der Waals surface area contributed by atoms with Crippen molar-refractivity contribution < 1.29 is 0 Å². The molecule has 0 aromatic heterocycles. The van der Waals surface area contributed by atoms with E-state index in [-0.39, 0.29) is 0 Å². The van der Waals surface area contributed by atoms with Crippen molar-refractivity contribution in [2.75, 3.05) is 0 Å². The highest BCUT2D eigenvalue weighted by Crippen LogP contribution is 2.17. The Labute approximate surface area is 138 Å². The van der Waals surface area contributed by atoms with Crippen molar-refractivity contribution in [1.29, 1.82) is 0 Å². The molecule has 0 aliphatic heterocycles. The fourth-order valence-electron chi connectivity index (χ4n) is 2.45. The van der Waals surface area contributed by atoms with E-state index in [1.54, 1.807) is 0 Å². The fourth-order valence-corrected chi connectivity index (χ4v) is 2.45. The highest BCUT2D eigenvalue weighted by atomic mass is 14.0. The minimum atomic E-state index is 1.21. The summed E-state index contributed by atoms with van der Waals surface area (Å²) >= 11 is 0. The van der Waals surface area contributed by atoms with E-state index in [1.165, 1.54) is 27.8 Å². The Morgan fingerprint density at radius 3 is 1.65 bits per heavy atom. The SMILES string of the molecule is Cc1ccc(/C=C/c2ccccc2)cc1/C=C/c1ccccc1. The average molecular weight is 296 g/mol. The van der Waals surface area contributed by atoms with Crippen LogP contribution in [0.15, 0.2) is 78.9 Å². The van der Waals surface area contributed by atoms with E-state index >= 15 is 0 Å². The average Bonchev–Trinajstić information content (AvgIpc) is 2.62. The minimum absolute atomic E-state index is 1.21. The van der Waals surface area contributed by atoms with Gasteiger partial charge in [0.15, 0.2) is 0 Å². The molecule has 3 rings (SSSR count). The van der Waals surface area contributed by atoms with Crippen LogP contribution >= 0.6 is 0 Å². The van der Waals surface area contributed by atoms with Crippen LogP contribution in [-0.2, 0) is 0 Å². The lowest BCUT2D eigenvalue weighted by atomic mass is 10.0. The molecule has 0 heteroatoms. The third kappa shape index (κ3) is 4.31. The van der Waals surface area contributed by atoms with E-state index in [4.69, 9.17) is 0 Å². The van der Waals surface area contributed by atoms with E-state index in [2.05, 4.69) is 98.0 Å². The van der Waals surface area contributed by atoms with Crippen molar-refractivity contribution in [3.63, 3.8) is 0 Å². The van der Waals surface area contributed by atoms with Crippen LogP contribution in [0.4, 0.5) is 0 Å². The number of aryl methyl sites for hydroxylation is 1. The Morgan fingerprint density at radius 2 is 1.04 bits per heavy atom. The molecule has 0 bridgehead atoms. The van der Waals surface area contributed by atoms with Crippen LogP contribution in [0.2, 0.25) is 0 Å². The monoisotopic (exact) mass is 296 g/mol. The molecule has 0 saturated carbocycles. The first-order valence-electron chi connectivity index (χ1n) is 7.88. The zero-order valence-electron chi connectivity index (χ0n) is 13.3. The van der Waals surface area contributed by atoms with Gasteiger partial charge in [-0.2, -0.15) is 0 Å². The van der Waals surface area contributed by atoms with Gasteiger partial charge in [-0.25, -0.2) is 0 Å². The maximum absolute atomic E-state index is 2.23. The van der Waals surface area contributed by atoms with Crippen molar-refractivity contribution in [2.45, 2.75) is 6.92 Å². The summed E-state index contributed by atoms with van der Waals surface area (Å²) in [5.74, 6) is 0. The molecule has 0 unspecified atom stereocenters. The molecule has 112 valence electrons. The first kappa shape index (κ1) is 15.1. The van der Waals surface area contributed by atoms with Gasteiger partial charge in [0.25, 0.3) is 0 Å². The minimum Gasteiger partial charge on any atom is -0.0622 e. The Hall–Kier alpha value is -2.86. The molecule has 0 heterocycles. The van der Waals surface area contributed by atoms with E-state index in [0.717, 1.165) is 0 Å². The van der Waals surface area contributed by atoms with Crippen LogP contribution in [0.25, 0.3) is 24.3 Å². The second kappa shape index (κ2) is 7.42. The molecule has 0 saturated heterocycles. The maximum atomic E-state index is 2.23. The number of rotatable bonds is 4. The molecular weight excluding hydrogens is 276 g/mol. The summed E-state index contributed by atoms with van der Waals surface area (Å²) < 4.78 is 0. The first-order chi connectivity index (χ1) is 11.3. The Balaban J connectivity index is 1.82. The zero-order valence-corrected chi connectivity index (χ0v) is 13.3. The second-order valence-electron chi connectivity index (χ2n) is 5.60. The lowest BCUT2D eigenvalue weighted by Gasteiger charge is -2.03. The fraction of sp³-hybridized carbons (Fsp3) is 0.0435. The summed E-state index contributed by atoms with van der Waals surface area (Å²) in [4.78, 5) is 0. The van der Waals surface area contributed by atoms with Gasteiger partial charge in [0, 0.05) is 0 Å².